The van der Waals surface area contributed by atoms with E-state index in [0.717, 1.165) is 36.4 Å². The molecule has 32 heavy (non-hydrogen) atoms. The van der Waals surface area contributed by atoms with Crippen LogP contribution in [0.4, 0.5) is 10.8 Å². The average molecular weight is 448 g/mol. The molecule has 7 heteroatoms. The van der Waals surface area contributed by atoms with Crippen LogP contribution in [0.2, 0.25) is 0 Å². The number of benzene rings is 2. The van der Waals surface area contributed by atoms with Gasteiger partial charge in [0.2, 0.25) is 11.8 Å². The highest BCUT2D eigenvalue weighted by atomic mass is 32.1. The largest absolute Gasteiger partial charge is 0.497 e. The van der Waals surface area contributed by atoms with Gasteiger partial charge in [-0.25, -0.2) is 4.98 Å². The fourth-order valence-corrected chi connectivity index (χ4v) is 4.79. The number of methoxy groups -OCH3 is 1. The summed E-state index contributed by atoms with van der Waals surface area (Å²) in [6.45, 7) is 2.24. The van der Waals surface area contributed by atoms with Gasteiger partial charge in [-0.05, 0) is 48.7 Å². The van der Waals surface area contributed by atoms with Gasteiger partial charge in [-0.2, -0.15) is 0 Å². The van der Waals surface area contributed by atoms with E-state index in [2.05, 4.69) is 4.98 Å². The minimum absolute atomic E-state index is 0.0412. The van der Waals surface area contributed by atoms with Crippen molar-refractivity contribution in [3.05, 3.63) is 77.3 Å². The Balaban J connectivity index is 1.49. The third-order valence-corrected chi connectivity index (χ3v) is 6.29. The molecule has 1 aliphatic heterocycles. The van der Waals surface area contributed by atoms with Gasteiger partial charge in [0.25, 0.3) is 0 Å². The van der Waals surface area contributed by atoms with Crippen LogP contribution >= 0.6 is 11.3 Å². The molecule has 1 fully saturated rings. The molecule has 1 atom stereocenters. The van der Waals surface area contributed by atoms with Gasteiger partial charge in [-0.3, -0.25) is 14.5 Å². The summed E-state index contributed by atoms with van der Waals surface area (Å²) in [5, 5.41) is 2.42. The van der Waals surface area contributed by atoms with Crippen molar-refractivity contribution >= 4 is 40.0 Å². The van der Waals surface area contributed by atoms with Gasteiger partial charge in [-0.1, -0.05) is 30.3 Å². The van der Waals surface area contributed by atoms with E-state index in [1.165, 1.54) is 18.3 Å². The van der Waals surface area contributed by atoms with Gasteiger partial charge in [-0.15, -0.1) is 11.3 Å². The van der Waals surface area contributed by atoms with E-state index in [9.17, 15) is 9.59 Å². The predicted octanol–water partition coefficient (Wildman–Crippen LogP) is 5.21. The van der Waals surface area contributed by atoms with E-state index in [4.69, 9.17) is 4.74 Å². The van der Waals surface area contributed by atoms with Crippen LogP contribution in [-0.4, -0.2) is 35.4 Å². The fraction of sp³-hybridized carbons (Fsp3) is 0.240. The highest BCUT2D eigenvalue weighted by molar-refractivity contribution is 7.14. The van der Waals surface area contributed by atoms with Crippen molar-refractivity contribution < 1.29 is 14.3 Å². The number of para-hydroxylation sites is 1. The topological polar surface area (TPSA) is 62.7 Å². The van der Waals surface area contributed by atoms with E-state index in [-0.39, 0.29) is 17.9 Å². The Morgan fingerprint density at radius 2 is 2.00 bits per heavy atom. The summed E-state index contributed by atoms with van der Waals surface area (Å²) in [6.07, 6.45) is 5.18. The number of likely N-dealkylation sites (tertiary alicyclic amines) is 1. The molecule has 3 aromatic rings. The normalized spacial score (nSPS) is 15.8. The van der Waals surface area contributed by atoms with Crippen molar-refractivity contribution in [2.24, 2.45) is 0 Å². The third-order valence-electron chi connectivity index (χ3n) is 5.44. The van der Waals surface area contributed by atoms with Crippen LogP contribution in [0.1, 0.15) is 37.1 Å². The molecule has 2 heterocycles. The Hall–Kier alpha value is -3.45. The van der Waals surface area contributed by atoms with Crippen molar-refractivity contribution in [3.63, 3.8) is 0 Å². The van der Waals surface area contributed by atoms with Crippen LogP contribution in [0, 0.1) is 0 Å². The predicted molar refractivity (Wildman–Crippen MR) is 127 cm³/mol. The zero-order valence-electron chi connectivity index (χ0n) is 18.1. The first-order chi connectivity index (χ1) is 15.6. The van der Waals surface area contributed by atoms with Gasteiger partial charge < -0.3 is 9.64 Å². The number of hydrogen-bond donors (Lipinski definition) is 0. The van der Waals surface area contributed by atoms with Gasteiger partial charge in [0.1, 0.15) is 5.75 Å². The Labute approximate surface area is 191 Å². The monoisotopic (exact) mass is 447 g/mol. The van der Waals surface area contributed by atoms with Crippen LogP contribution in [-0.2, 0) is 9.59 Å². The fourth-order valence-electron chi connectivity index (χ4n) is 3.94. The summed E-state index contributed by atoms with van der Waals surface area (Å²) in [6, 6.07) is 17.3. The lowest BCUT2D eigenvalue weighted by molar-refractivity contribution is -0.126. The number of rotatable bonds is 6. The highest BCUT2D eigenvalue weighted by Crippen LogP contribution is 2.34. The maximum Gasteiger partial charge on any atom is 0.247 e. The quantitative estimate of drug-likeness (QED) is 0.487. The highest BCUT2D eigenvalue weighted by Gasteiger charge is 2.29. The number of hydrogen-bond acceptors (Lipinski definition) is 5. The van der Waals surface area contributed by atoms with E-state index < -0.39 is 0 Å². The molecule has 0 aliphatic carbocycles. The van der Waals surface area contributed by atoms with Crippen molar-refractivity contribution in [3.8, 4) is 5.75 Å². The van der Waals surface area contributed by atoms with Crippen molar-refractivity contribution in [2.45, 2.75) is 25.8 Å². The molecule has 0 radical (unpaired) electrons. The van der Waals surface area contributed by atoms with Crippen LogP contribution < -0.4 is 9.64 Å². The third kappa shape index (κ3) is 4.73. The number of carbonyl (C=O) groups excluding carboxylic acids is 2. The Morgan fingerprint density at radius 3 is 2.75 bits per heavy atom. The number of amides is 2. The maximum atomic E-state index is 12.9. The first kappa shape index (κ1) is 21.8. The zero-order valence-corrected chi connectivity index (χ0v) is 18.9. The number of aromatic nitrogens is 1. The second kappa shape index (κ2) is 9.78. The van der Waals surface area contributed by atoms with Crippen molar-refractivity contribution in [1.82, 2.24) is 9.88 Å². The average Bonchev–Trinajstić information content (AvgIpc) is 3.48. The summed E-state index contributed by atoms with van der Waals surface area (Å²) in [4.78, 5) is 33.2. The first-order valence-corrected chi connectivity index (χ1v) is 11.4. The molecule has 1 aromatic heterocycles. The molecule has 1 saturated heterocycles. The molecule has 4 rings (SSSR count). The standard InChI is InChI=1S/C25H25N3O3S/c1-18(29)28(21-9-4-3-5-10-21)25-26-20(17-32-25)13-14-24(30)27-15-7-12-23(27)19-8-6-11-22(16-19)31-2/h3-6,8-11,13-14,16-17,23H,7,12,15H2,1-2H3/b14-13+. The molecule has 0 bridgehead atoms. The number of ether oxygens (including phenoxy) is 1. The molecule has 2 amide bonds. The maximum absolute atomic E-state index is 12.9. The summed E-state index contributed by atoms with van der Waals surface area (Å²) >= 11 is 1.37. The molecule has 0 N–H and O–H groups in total. The van der Waals surface area contributed by atoms with Crippen molar-refractivity contribution in [1.29, 1.82) is 0 Å². The first-order valence-electron chi connectivity index (χ1n) is 10.5. The summed E-state index contributed by atoms with van der Waals surface area (Å²) in [5.41, 5.74) is 2.50. The number of nitrogens with zero attached hydrogens (tertiary/aromatic N) is 3. The van der Waals surface area contributed by atoms with E-state index >= 15 is 0 Å². The number of carbonyl (C=O) groups is 2. The Kier molecular flexibility index (Phi) is 6.66. The van der Waals surface area contributed by atoms with Crippen LogP contribution in [0.5, 0.6) is 5.75 Å². The van der Waals surface area contributed by atoms with Gasteiger partial charge >= 0.3 is 0 Å². The summed E-state index contributed by atoms with van der Waals surface area (Å²) < 4.78 is 5.33. The van der Waals surface area contributed by atoms with E-state index in [1.54, 1.807) is 24.2 Å². The molecule has 6 nitrogen and oxygen atoms in total. The molecule has 0 spiro atoms. The second-order valence-corrected chi connectivity index (χ2v) is 8.38. The molecule has 164 valence electrons. The van der Waals surface area contributed by atoms with Gasteiger partial charge in [0.15, 0.2) is 5.13 Å². The summed E-state index contributed by atoms with van der Waals surface area (Å²) in [7, 11) is 1.65. The van der Waals surface area contributed by atoms with E-state index in [1.807, 2.05) is 64.9 Å². The van der Waals surface area contributed by atoms with Gasteiger partial charge in [0, 0.05) is 24.9 Å². The zero-order chi connectivity index (χ0) is 22.5. The molecule has 0 saturated carbocycles. The van der Waals surface area contributed by atoms with Crippen molar-refractivity contribution in [2.75, 3.05) is 18.6 Å². The Bertz CT molecular complexity index is 1130. The minimum Gasteiger partial charge on any atom is -0.497 e. The molecule has 2 aromatic carbocycles. The van der Waals surface area contributed by atoms with Crippen LogP contribution in [0.3, 0.4) is 0 Å². The van der Waals surface area contributed by atoms with Crippen LogP contribution in [0.25, 0.3) is 6.08 Å². The summed E-state index contributed by atoms with van der Waals surface area (Å²) in [5.74, 6) is 0.632. The lowest BCUT2D eigenvalue weighted by Gasteiger charge is -2.24. The molecule has 1 aliphatic rings. The Morgan fingerprint density at radius 1 is 1.19 bits per heavy atom. The van der Waals surface area contributed by atoms with Gasteiger partial charge in [0.05, 0.1) is 24.5 Å². The number of thiazole rings is 1. The minimum atomic E-state index is -0.115. The van der Waals surface area contributed by atoms with E-state index in [0.29, 0.717) is 10.8 Å². The lowest BCUT2D eigenvalue weighted by atomic mass is 10.0. The molecular formula is C25H25N3O3S. The smallest absolute Gasteiger partial charge is 0.247 e. The number of anilines is 2. The lowest BCUT2D eigenvalue weighted by Crippen LogP contribution is -2.28. The SMILES string of the molecule is COc1cccc(C2CCCN2C(=O)/C=C/c2csc(N(C(C)=O)c3ccccc3)n2)c1. The molecule has 1 unspecified atom stereocenters. The van der Waals surface area contributed by atoms with Crippen LogP contribution in [0.15, 0.2) is 66.1 Å². The molecular weight excluding hydrogens is 422 g/mol. The second-order valence-electron chi connectivity index (χ2n) is 7.54.